The van der Waals surface area contributed by atoms with Crippen molar-refractivity contribution in [2.75, 3.05) is 26.0 Å². The number of nitrogens with one attached hydrogen (secondary N) is 2. The maximum atomic E-state index is 4.38. The van der Waals surface area contributed by atoms with Gasteiger partial charge in [-0.1, -0.05) is 0 Å². The zero-order valence-corrected chi connectivity index (χ0v) is 14.3. The van der Waals surface area contributed by atoms with Crippen molar-refractivity contribution in [3.05, 3.63) is 11.9 Å². The number of hydrogen-bond donors (Lipinski definition) is 2. The summed E-state index contributed by atoms with van der Waals surface area (Å²) in [6.45, 7) is 0.726. The van der Waals surface area contributed by atoms with Gasteiger partial charge in [0.15, 0.2) is 5.96 Å². The van der Waals surface area contributed by atoms with Crippen LogP contribution in [0, 0.1) is 0 Å². The topological polar surface area (TPSA) is 57.5 Å². The van der Waals surface area contributed by atoms with E-state index in [4.69, 9.17) is 0 Å². The number of aliphatic imine (C=N–C) groups is 1. The molecule has 0 bridgehead atoms. The summed E-state index contributed by atoms with van der Waals surface area (Å²) in [6.07, 6.45) is 4.39. The summed E-state index contributed by atoms with van der Waals surface area (Å²) in [5.74, 6) is 1.82. The molecule has 2 N–H and O–H groups in total. The van der Waals surface area contributed by atoms with Crippen LogP contribution in [0.5, 0.6) is 0 Å². The number of anilines is 1. The van der Waals surface area contributed by atoms with Gasteiger partial charge in [-0.3, -0.25) is 4.99 Å². The van der Waals surface area contributed by atoms with E-state index in [-0.39, 0.29) is 24.0 Å². The van der Waals surface area contributed by atoms with Crippen molar-refractivity contribution in [2.24, 2.45) is 12.0 Å². The van der Waals surface area contributed by atoms with Crippen molar-refractivity contribution in [2.45, 2.75) is 25.4 Å². The molecule has 1 aromatic heterocycles. The van der Waals surface area contributed by atoms with Gasteiger partial charge in [-0.05, 0) is 12.8 Å². The zero-order valence-electron chi connectivity index (χ0n) is 12.0. The van der Waals surface area contributed by atoms with Crippen LogP contribution in [0.1, 0.15) is 18.5 Å². The average Bonchev–Trinajstić information content (AvgIpc) is 3.07. The lowest BCUT2D eigenvalue weighted by Crippen LogP contribution is -2.38. The van der Waals surface area contributed by atoms with Gasteiger partial charge >= 0.3 is 0 Å². The molecule has 1 aliphatic carbocycles. The highest BCUT2D eigenvalue weighted by atomic mass is 127. The van der Waals surface area contributed by atoms with Crippen LogP contribution in [-0.4, -0.2) is 42.7 Å². The lowest BCUT2D eigenvalue weighted by Gasteiger charge is -2.14. The second-order valence-corrected chi connectivity index (χ2v) is 4.85. The van der Waals surface area contributed by atoms with Crippen molar-refractivity contribution in [1.82, 2.24) is 20.2 Å². The van der Waals surface area contributed by atoms with Crippen LogP contribution >= 0.6 is 24.0 Å². The van der Waals surface area contributed by atoms with Gasteiger partial charge < -0.3 is 20.1 Å². The second-order valence-electron chi connectivity index (χ2n) is 4.85. The van der Waals surface area contributed by atoms with E-state index in [2.05, 4.69) is 25.2 Å². The average molecular weight is 378 g/mol. The highest BCUT2D eigenvalue weighted by Gasteiger charge is 2.22. The lowest BCUT2D eigenvalue weighted by atomic mass is 10.4. The Morgan fingerprint density at radius 1 is 1.53 bits per heavy atom. The molecule has 0 aliphatic heterocycles. The van der Waals surface area contributed by atoms with E-state index >= 15 is 0 Å². The summed E-state index contributed by atoms with van der Waals surface area (Å²) in [7, 11) is 7.81. The van der Waals surface area contributed by atoms with E-state index in [9.17, 15) is 0 Å². The molecule has 0 amide bonds. The molecule has 1 aliphatic rings. The van der Waals surface area contributed by atoms with Crippen LogP contribution < -0.4 is 15.5 Å². The maximum Gasteiger partial charge on any atom is 0.204 e. The Morgan fingerprint density at radius 2 is 2.21 bits per heavy atom. The standard InChI is InChI=1S/C12H22N6.HI/c1-13-11(16-9-5-6-9)14-7-10-8-15-12(17(2)3)18(10)4;/h8-9H,5-7H2,1-4H3,(H2,13,14,16);1H. The Hall–Kier alpha value is -0.990. The first-order valence-electron chi connectivity index (χ1n) is 6.27. The largest absolute Gasteiger partial charge is 0.354 e. The predicted molar refractivity (Wildman–Crippen MR) is 89.3 cm³/mol. The molecule has 1 heterocycles. The van der Waals surface area contributed by atoms with Gasteiger partial charge in [0.1, 0.15) is 0 Å². The van der Waals surface area contributed by atoms with Crippen molar-refractivity contribution < 1.29 is 0 Å². The van der Waals surface area contributed by atoms with Crippen molar-refractivity contribution in [3.8, 4) is 0 Å². The van der Waals surface area contributed by atoms with Gasteiger partial charge in [0.05, 0.1) is 18.4 Å². The van der Waals surface area contributed by atoms with E-state index in [1.165, 1.54) is 12.8 Å². The number of rotatable bonds is 4. The Balaban J connectivity index is 0.00000180. The fourth-order valence-corrected chi connectivity index (χ4v) is 1.80. The van der Waals surface area contributed by atoms with Crippen LogP contribution in [0.3, 0.4) is 0 Å². The number of imidazole rings is 1. The zero-order chi connectivity index (χ0) is 13.1. The van der Waals surface area contributed by atoms with Gasteiger partial charge in [-0.2, -0.15) is 0 Å². The third-order valence-corrected chi connectivity index (χ3v) is 3.04. The monoisotopic (exact) mass is 378 g/mol. The molecule has 0 aromatic carbocycles. The minimum Gasteiger partial charge on any atom is -0.354 e. The Bertz CT molecular complexity index is 435. The third-order valence-electron chi connectivity index (χ3n) is 3.04. The molecule has 1 saturated carbocycles. The molecular weight excluding hydrogens is 355 g/mol. The maximum absolute atomic E-state index is 4.38. The van der Waals surface area contributed by atoms with E-state index in [0.717, 1.165) is 24.1 Å². The highest BCUT2D eigenvalue weighted by molar-refractivity contribution is 14.0. The predicted octanol–water partition coefficient (Wildman–Crippen LogP) is 0.931. The smallest absolute Gasteiger partial charge is 0.204 e. The molecule has 6 nitrogen and oxygen atoms in total. The summed E-state index contributed by atoms with van der Waals surface area (Å²) in [5, 5.41) is 6.67. The molecule has 108 valence electrons. The van der Waals surface area contributed by atoms with Crippen molar-refractivity contribution >= 4 is 35.9 Å². The number of halogens is 1. The van der Waals surface area contributed by atoms with E-state index in [0.29, 0.717) is 6.04 Å². The lowest BCUT2D eigenvalue weighted by molar-refractivity contribution is 0.742. The number of guanidine groups is 1. The second kappa shape index (κ2) is 6.97. The highest BCUT2D eigenvalue weighted by Crippen LogP contribution is 2.18. The molecule has 0 spiro atoms. The van der Waals surface area contributed by atoms with Gasteiger partial charge in [-0.15, -0.1) is 24.0 Å². The third kappa shape index (κ3) is 4.26. The number of nitrogens with zero attached hydrogens (tertiary/aromatic N) is 4. The Kier molecular flexibility index (Phi) is 5.89. The summed E-state index contributed by atoms with van der Waals surface area (Å²) < 4.78 is 2.08. The first-order valence-corrected chi connectivity index (χ1v) is 6.27. The molecule has 0 radical (unpaired) electrons. The minimum atomic E-state index is 0. The van der Waals surface area contributed by atoms with Gasteiger partial charge in [0.2, 0.25) is 5.95 Å². The molecule has 0 unspecified atom stereocenters. The normalized spacial score (nSPS) is 14.8. The van der Waals surface area contributed by atoms with Crippen LogP contribution in [0.15, 0.2) is 11.2 Å². The van der Waals surface area contributed by atoms with Gasteiger partial charge in [0, 0.05) is 34.2 Å². The van der Waals surface area contributed by atoms with Crippen molar-refractivity contribution in [3.63, 3.8) is 0 Å². The number of aromatic nitrogens is 2. The molecule has 1 aromatic rings. The Morgan fingerprint density at radius 3 is 2.68 bits per heavy atom. The number of hydrogen-bond acceptors (Lipinski definition) is 3. The van der Waals surface area contributed by atoms with Gasteiger partial charge in [0.25, 0.3) is 0 Å². The SMILES string of the molecule is CN=C(NCc1cnc(N(C)C)n1C)NC1CC1.I. The minimum absolute atomic E-state index is 0. The van der Waals surface area contributed by atoms with E-state index in [1.54, 1.807) is 7.05 Å². The Labute approximate surface area is 131 Å². The summed E-state index contributed by atoms with van der Waals surface area (Å²) in [5.41, 5.74) is 1.14. The molecule has 0 saturated heterocycles. The molecular formula is C12H23IN6. The van der Waals surface area contributed by atoms with E-state index in [1.807, 2.05) is 32.2 Å². The first-order chi connectivity index (χ1) is 8.61. The van der Waals surface area contributed by atoms with Crippen LogP contribution in [-0.2, 0) is 13.6 Å². The quantitative estimate of drug-likeness (QED) is 0.465. The van der Waals surface area contributed by atoms with Gasteiger partial charge in [-0.25, -0.2) is 4.98 Å². The van der Waals surface area contributed by atoms with Crippen LogP contribution in [0.4, 0.5) is 5.95 Å². The van der Waals surface area contributed by atoms with Crippen molar-refractivity contribution in [1.29, 1.82) is 0 Å². The molecule has 1 fully saturated rings. The van der Waals surface area contributed by atoms with Crippen LogP contribution in [0.25, 0.3) is 0 Å². The fourth-order valence-electron chi connectivity index (χ4n) is 1.80. The fraction of sp³-hybridized carbons (Fsp3) is 0.667. The molecule has 19 heavy (non-hydrogen) atoms. The first kappa shape index (κ1) is 16.1. The molecule has 0 atom stereocenters. The summed E-state index contributed by atoms with van der Waals surface area (Å²) >= 11 is 0. The summed E-state index contributed by atoms with van der Waals surface area (Å²) in [6, 6.07) is 0.611. The van der Waals surface area contributed by atoms with E-state index < -0.39 is 0 Å². The van der Waals surface area contributed by atoms with Crippen LogP contribution in [0.2, 0.25) is 0 Å². The molecule has 7 heteroatoms. The summed E-state index contributed by atoms with van der Waals surface area (Å²) in [4.78, 5) is 10.6. The molecule has 2 rings (SSSR count).